The van der Waals surface area contributed by atoms with E-state index < -0.39 is 0 Å². The smallest absolute Gasteiger partial charge is 0.227 e. The molecule has 3 rings (SSSR count). The first kappa shape index (κ1) is 14.4. The number of aliphatic hydroxyl groups excluding tert-OH is 1. The molecule has 2 saturated heterocycles. The van der Waals surface area contributed by atoms with Crippen LogP contribution in [-0.2, 0) is 4.79 Å². The second-order valence-electron chi connectivity index (χ2n) is 6.04. The van der Waals surface area contributed by atoms with E-state index in [1.54, 1.807) is 0 Å². The Hall–Kier alpha value is -1.59. The third-order valence-corrected chi connectivity index (χ3v) is 4.48. The fourth-order valence-corrected chi connectivity index (χ4v) is 3.14. The van der Waals surface area contributed by atoms with Gasteiger partial charge in [0, 0.05) is 51.7 Å². The number of hydrogen-bond acceptors (Lipinski definition) is 4. The van der Waals surface area contributed by atoms with Gasteiger partial charge in [0.25, 0.3) is 0 Å². The number of hydrogen-bond donors (Lipinski definition) is 1. The van der Waals surface area contributed by atoms with Crippen LogP contribution in [0.25, 0.3) is 0 Å². The highest BCUT2D eigenvalue weighted by molar-refractivity contribution is 5.98. The molecule has 5 nitrogen and oxygen atoms in total. The standard InChI is InChI=1S/C16H23N3O2/c1-17-6-8-18(9-7-17)14-4-2-3-5-15(14)19-11-13(12-20)10-16(19)21/h2-5,13,20H,6-12H2,1H3. The quantitative estimate of drug-likeness (QED) is 0.893. The van der Waals surface area contributed by atoms with Gasteiger partial charge < -0.3 is 19.8 Å². The summed E-state index contributed by atoms with van der Waals surface area (Å²) in [6.45, 7) is 4.76. The second kappa shape index (κ2) is 6.03. The minimum absolute atomic E-state index is 0.0676. The van der Waals surface area contributed by atoms with Gasteiger partial charge in [0.05, 0.1) is 11.4 Å². The molecule has 1 aromatic carbocycles. The zero-order chi connectivity index (χ0) is 14.8. The van der Waals surface area contributed by atoms with Gasteiger partial charge in [-0.25, -0.2) is 0 Å². The summed E-state index contributed by atoms with van der Waals surface area (Å²) >= 11 is 0. The molecule has 1 amide bonds. The third-order valence-electron chi connectivity index (χ3n) is 4.48. The van der Waals surface area contributed by atoms with Crippen LogP contribution in [0.4, 0.5) is 11.4 Å². The van der Waals surface area contributed by atoms with Crippen molar-refractivity contribution in [2.75, 3.05) is 56.2 Å². The summed E-state index contributed by atoms with van der Waals surface area (Å²) < 4.78 is 0. The number of anilines is 2. The Balaban J connectivity index is 1.84. The average Bonchev–Trinajstić information content (AvgIpc) is 2.89. The molecular formula is C16H23N3O2. The predicted octanol–water partition coefficient (Wildman–Crippen LogP) is 0.784. The summed E-state index contributed by atoms with van der Waals surface area (Å²) in [6.07, 6.45) is 0.452. The zero-order valence-corrected chi connectivity index (χ0v) is 12.5. The Bertz CT molecular complexity index is 512. The van der Waals surface area contributed by atoms with Gasteiger partial charge in [-0.05, 0) is 19.2 Å². The number of para-hydroxylation sites is 2. The maximum absolute atomic E-state index is 12.2. The van der Waals surface area contributed by atoms with Crippen molar-refractivity contribution in [1.29, 1.82) is 0 Å². The summed E-state index contributed by atoms with van der Waals surface area (Å²) in [6, 6.07) is 8.13. The number of piperazine rings is 1. The van der Waals surface area contributed by atoms with Gasteiger partial charge in [-0.15, -0.1) is 0 Å². The number of carbonyl (C=O) groups is 1. The van der Waals surface area contributed by atoms with Gasteiger partial charge in [-0.3, -0.25) is 4.79 Å². The molecule has 0 bridgehead atoms. The molecule has 2 heterocycles. The molecule has 0 aromatic heterocycles. The van der Waals surface area contributed by atoms with Gasteiger partial charge in [-0.1, -0.05) is 12.1 Å². The van der Waals surface area contributed by atoms with Crippen LogP contribution in [-0.4, -0.2) is 62.3 Å². The number of amides is 1. The molecule has 2 aliphatic heterocycles. The van der Waals surface area contributed by atoms with Crippen LogP contribution in [0.3, 0.4) is 0 Å². The van der Waals surface area contributed by atoms with Crippen molar-refractivity contribution in [3.8, 4) is 0 Å². The van der Waals surface area contributed by atoms with Crippen LogP contribution in [0.5, 0.6) is 0 Å². The van der Waals surface area contributed by atoms with Gasteiger partial charge in [0.15, 0.2) is 0 Å². The summed E-state index contributed by atoms with van der Waals surface area (Å²) in [4.78, 5) is 18.7. The highest BCUT2D eigenvalue weighted by atomic mass is 16.3. The molecule has 1 unspecified atom stereocenters. The molecule has 114 valence electrons. The number of carbonyl (C=O) groups excluding carboxylic acids is 1. The lowest BCUT2D eigenvalue weighted by Gasteiger charge is -2.36. The van der Waals surface area contributed by atoms with Crippen molar-refractivity contribution in [2.24, 2.45) is 5.92 Å². The minimum Gasteiger partial charge on any atom is -0.396 e. The van der Waals surface area contributed by atoms with E-state index in [2.05, 4.69) is 22.9 Å². The lowest BCUT2D eigenvalue weighted by Crippen LogP contribution is -2.45. The third kappa shape index (κ3) is 2.89. The van der Waals surface area contributed by atoms with Crippen molar-refractivity contribution in [3.05, 3.63) is 24.3 Å². The summed E-state index contributed by atoms with van der Waals surface area (Å²) in [5.41, 5.74) is 2.13. The highest BCUT2D eigenvalue weighted by Gasteiger charge is 2.32. The maximum atomic E-state index is 12.2. The maximum Gasteiger partial charge on any atom is 0.227 e. The lowest BCUT2D eigenvalue weighted by atomic mass is 10.1. The molecule has 0 saturated carbocycles. The monoisotopic (exact) mass is 289 g/mol. The second-order valence-corrected chi connectivity index (χ2v) is 6.04. The normalized spacial score (nSPS) is 23.9. The molecule has 21 heavy (non-hydrogen) atoms. The Labute approximate surface area is 125 Å². The Morgan fingerprint density at radius 3 is 2.43 bits per heavy atom. The van der Waals surface area contributed by atoms with Crippen LogP contribution >= 0.6 is 0 Å². The van der Waals surface area contributed by atoms with Gasteiger partial charge >= 0.3 is 0 Å². The number of likely N-dealkylation sites (N-methyl/N-ethyl adjacent to an activating group) is 1. The molecule has 5 heteroatoms. The molecule has 2 fully saturated rings. The van der Waals surface area contributed by atoms with E-state index in [0.717, 1.165) is 37.6 Å². The zero-order valence-electron chi connectivity index (χ0n) is 12.5. The van der Waals surface area contributed by atoms with E-state index in [9.17, 15) is 9.90 Å². The van der Waals surface area contributed by atoms with Crippen molar-refractivity contribution >= 4 is 17.3 Å². The first-order valence-electron chi connectivity index (χ1n) is 7.63. The van der Waals surface area contributed by atoms with Gasteiger partial charge in [-0.2, -0.15) is 0 Å². The topological polar surface area (TPSA) is 47.0 Å². The Kier molecular flexibility index (Phi) is 4.12. The van der Waals surface area contributed by atoms with E-state index in [4.69, 9.17) is 0 Å². The Morgan fingerprint density at radius 1 is 1.14 bits per heavy atom. The Morgan fingerprint density at radius 2 is 1.81 bits per heavy atom. The predicted molar refractivity (Wildman–Crippen MR) is 83.7 cm³/mol. The van der Waals surface area contributed by atoms with Crippen LogP contribution in [0.15, 0.2) is 24.3 Å². The molecule has 0 radical (unpaired) electrons. The molecule has 1 N–H and O–H groups in total. The molecule has 1 aromatic rings. The fraction of sp³-hybridized carbons (Fsp3) is 0.562. The largest absolute Gasteiger partial charge is 0.396 e. The first-order chi connectivity index (χ1) is 10.2. The number of nitrogens with zero attached hydrogens (tertiary/aromatic N) is 3. The molecule has 2 aliphatic rings. The van der Waals surface area contributed by atoms with Crippen LogP contribution < -0.4 is 9.80 Å². The van der Waals surface area contributed by atoms with Crippen molar-refractivity contribution in [1.82, 2.24) is 4.90 Å². The van der Waals surface area contributed by atoms with Crippen LogP contribution in [0, 0.1) is 5.92 Å². The molecule has 0 spiro atoms. The summed E-state index contributed by atoms with van der Waals surface area (Å²) in [5, 5.41) is 9.30. The van der Waals surface area contributed by atoms with Crippen molar-refractivity contribution < 1.29 is 9.90 Å². The average molecular weight is 289 g/mol. The SMILES string of the molecule is CN1CCN(c2ccccc2N2CC(CO)CC2=O)CC1. The molecule has 1 atom stereocenters. The van der Waals surface area contributed by atoms with E-state index in [1.807, 2.05) is 23.1 Å². The summed E-state index contributed by atoms with van der Waals surface area (Å²) in [7, 11) is 2.14. The number of benzene rings is 1. The molecular weight excluding hydrogens is 266 g/mol. The first-order valence-corrected chi connectivity index (χ1v) is 7.63. The fourth-order valence-electron chi connectivity index (χ4n) is 3.14. The van der Waals surface area contributed by atoms with E-state index >= 15 is 0 Å². The molecule has 0 aliphatic carbocycles. The number of aliphatic hydroxyl groups is 1. The number of rotatable bonds is 3. The lowest BCUT2D eigenvalue weighted by molar-refractivity contribution is -0.117. The van der Waals surface area contributed by atoms with Crippen molar-refractivity contribution in [3.63, 3.8) is 0 Å². The van der Waals surface area contributed by atoms with E-state index in [-0.39, 0.29) is 18.4 Å². The van der Waals surface area contributed by atoms with Crippen LogP contribution in [0.2, 0.25) is 0 Å². The van der Waals surface area contributed by atoms with Crippen LogP contribution in [0.1, 0.15) is 6.42 Å². The van der Waals surface area contributed by atoms with E-state index in [1.165, 1.54) is 0 Å². The minimum atomic E-state index is 0.0676. The highest BCUT2D eigenvalue weighted by Crippen LogP contribution is 2.34. The van der Waals surface area contributed by atoms with E-state index in [0.29, 0.717) is 13.0 Å². The van der Waals surface area contributed by atoms with Gasteiger partial charge in [0.1, 0.15) is 0 Å². The van der Waals surface area contributed by atoms with Gasteiger partial charge in [0.2, 0.25) is 5.91 Å². The van der Waals surface area contributed by atoms with Crippen molar-refractivity contribution in [2.45, 2.75) is 6.42 Å². The summed E-state index contributed by atoms with van der Waals surface area (Å²) in [5.74, 6) is 0.189.